The van der Waals surface area contributed by atoms with Crippen molar-refractivity contribution in [1.82, 2.24) is 14.9 Å². The third kappa shape index (κ3) is 3.19. The molecule has 0 aromatic carbocycles. The Labute approximate surface area is 106 Å². The summed E-state index contributed by atoms with van der Waals surface area (Å²) in [6.45, 7) is 0. The van der Waals surface area contributed by atoms with Gasteiger partial charge in [0.1, 0.15) is 0 Å². The summed E-state index contributed by atoms with van der Waals surface area (Å²) in [4.78, 5) is 11.7. The minimum Gasteiger partial charge on any atom is -0.274 e. The lowest BCUT2D eigenvalue weighted by Crippen LogP contribution is -2.32. The first-order valence-electron chi connectivity index (χ1n) is 5.78. The lowest BCUT2D eigenvalue weighted by molar-refractivity contribution is -0.120. The normalized spacial score (nSPS) is 19.7. The van der Waals surface area contributed by atoms with E-state index in [1.165, 1.54) is 12.3 Å². The number of sulfonamides is 1. The molecule has 1 unspecified atom stereocenters. The number of nitrogens with one attached hydrogen (secondary N) is 2. The molecule has 1 atom stereocenters. The van der Waals surface area contributed by atoms with Crippen LogP contribution in [-0.2, 0) is 14.8 Å². The molecule has 18 heavy (non-hydrogen) atoms. The van der Waals surface area contributed by atoms with Crippen molar-refractivity contribution in [2.24, 2.45) is 5.92 Å². The SMILES string of the molecule is O=C(CC1CC=CCC1)NS(=O)(=O)c1ccn[nH]1. The molecule has 0 saturated heterocycles. The van der Waals surface area contributed by atoms with Crippen LogP contribution in [0.4, 0.5) is 0 Å². The second-order valence-electron chi connectivity index (χ2n) is 4.30. The van der Waals surface area contributed by atoms with E-state index in [2.05, 4.69) is 16.3 Å². The number of hydrogen-bond donors (Lipinski definition) is 2. The zero-order valence-electron chi connectivity index (χ0n) is 9.80. The maximum atomic E-state index is 11.7. The maximum absolute atomic E-state index is 11.7. The number of carbonyl (C=O) groups excluding carboxylic acids is 1. The molecule has 7 heteroatoms. The van der Waals surface area contributed by atoms with E-state index in [4.69, 9.17) is 0 Å². The molecule has 1 amide bonds. The molecule has 0 radical (unpaired) electrons. The second kappa shape index (κ2) is 5.34. The third-order valence-electron chi connectivity index (χ3n) is 2.86. The van der Waals surface area contributed by atoms with E-state index >= 15 is 0 Å². The van der Waals surface area contributed by atoms with Gasteiger partial charge in [-0.3, -0.25) is 9.89 Å². The number of nitrogens with zero attached hydrogens (tertiary/aromatic N) is 1. The van der Waals surface area contributed by atoms with Crippen molar-refractivity contribution in [2.75, 3.05) is 0 Å². The van der Waals surface area contributed by atoms with Gasteiger partial charge in [-0.2, -0.15) is 13.5 Å². The van der Waals surface area contributed by atoms with Crippen LogP contribution >= 0.6 is 0 Å². The maximum Gasteiger partial charge on any atom is 0.280 e. The molecule has 0 bridgehead atoms. The van der Waals surface area contributed by atoms with Gasteiger partial charge in [-0.25, -0.2) is 4.72 Å². The van der Waals surface area contributed by atoms with Crippen molar-refractivity contribution in [2.45, 2.75) is 30.7 Å². The van der Waals surface area contributed by atoms with Crippen LogP contribution in [-0.4, -0.2) is 24.5 Å². The Morgan fingerprint density at radius 2 is 2.33 bits per heavy atom. The average Bonchev–Trinajstić information content (AvgIpc) is 2.83. The van der Waals surface area contributed by atoms with Crippen molar-refractivity contribution in [3.05, 3.63) is 24.4 Å². The first kappa shape index (κ1) is 12.8. The van der Waals surface area contributed by atoms with E-state index < -0.39 is 15.9 Å². The molecule has 98 valence electrons. The van der Waals surface area contributed by atoms with E-state index in [1.54, 1.807) is 0 Å². The number of H-pyrrole nitrogens is 1. The van der Waals surface area contributed by atoms with E-state index in [0.29, 0.717) is 0 Å². The van der Waals surface area contributed by atoms with Gasteiger partial charge in [0.2, 0.25) is 5.91 Å². The smallest absolute Gasteiger partial charge is 0.274 e. The second-order valence-corrected chi connectivity index (χ2v) is 5.95. The predicted octanol–water partition coefficient (Wildman–Crippen LogP) is 0.961. The van der Waals surface area contributed by atoms with Gasteiger partial charge in [-0.15, -0.1) is 0 Å². The van der Waals surface area contributed by atoms with Crippen LogP contribution in [0.5, 0.6) is 0 Å². The topological polar surface area (TPSA) is 91.9 Å². The van der Waals surface area contributed by atoms with Crippen LogP contribution in [0.2, 0.25) is 0 Å². The van der Waals surface area contributed by atoms with Gasteiger partial charge in [-0.1, -0.05) is 12.2 Å². The summed E-state index contributed by atoms with van der Waals surface area (Å²) in [5.74, 6) is -0.239. The molecule has 1 aromatic heterocycles. The Balaban J connectivity index is 1.93. The fourth-order valence-corrected chi connectivity index (χ4v) is 2.85. The molecule has 0 spiro atoms. The fraction of sp³-hybridized carbons (Fsp3) is 0.455. The van der Waals surface area contributed by atoms with E-state index in [1.807, 2.05) is 10.8 Å². The molecular weight excluding hydrogens is 254 g/mol. The lowest BCUT2D eigenvalue weighted by Gasteiger charge is -2.16. The van der Waals surface area contributed by atoms with Crippen LogP contribution in [0, 0.1) is 5.92 Å². The Kier molecular flexibility index (Phi) is 3.81. The summed E-state index contributed by atoms with van der Waals surface area (Å²) >= 11 is 0. The molecule has 0 saturated carbocycles. The first-order chi connectivity index (χ1) is 8.58. The Morgan fingerprint density at radius 1 is 1.50 bits per heavy atom. The number of rotatable bonds is 4. The van der Waals surface area contributed by atoms with Gasteiger partial charge < -0.3 is 0 Å². The molecule has 1 aliphatic rings. The van der Waals surface area contributed by atoms with E-state index in [9.17, 15) is 13.2 Å². The Bertz CT molecular complexity index is 534. The number of amides is 1. The summed E-state index contributed by atoms with van der Waals surface area (Å²) in [6, 6.07) is 1.30. The van der Waals surface area contributed by atoms with Gasteiger partial charge in [0.25, 0.3) is 10.0 Å². The van der Waals surface area contributed by atoms with Crippen LogP contribution in [0.1, 0.15) is 25.7 Å². The van der Waals surface area contributed by atoms with Gasteiger partial charge in [0.05, 0.1) is 6.20 Å². The number of aromatic nitrogens is 2. The number of carbonyl (C=O) groups is 1. The molecule has 2 rings (SSSR count). The average molecular weight is 269 g/mol. The number of hydrogen-bond acceptors (Lipinski definition) is 4. The Morgan fingerprint density at radius 3 is 2.94 bits per heavy atom. The molecule has 2 N–H and O–H groups in total. The van der Waals surface area contributed by atoms with E-state index in [0.717, 1.165) is 19.3 Å². The molecule has 1 aliphatic carbocycles. The monoisotopic (exact) mass is 269 g/mol. The quantitative estimate of drug-likeness (QED) is 0.796. The molecular formula is C11H15N3O3S. The Hall–Kier alpha value is -1.63. The minimum atomic E-state index is -3.80. The molecule has 0 fully saturated rings. The zero-order valence-corrected chi connectivity index (χ0v) is 10.6. The third-order valence-corrected chi connectivity index (χ3v) is 4.17. The largest absolute Gasteiger partial charge is 0.280 e. The standard InChI is InChI=1S/C11H15N3O3S/c15-10(8-9-4-2-1-3-5-9)14-18(16,17)11-6-7-12-13-11/h1-2,6-7,9H,3-5,8H2,(H,12,13)(H,14,15). The van der Waals surface area contributed by atoms with Gasteiger partial charge in [0.15, 0.2) is 5.03 Å². The predicted molar refractivity (Wildman–Crippen MR) is 65.0 cm³/mol. The summed E-state index contributed by atoms with van der Waals surface area (Å²) in [5.41, 5.74) is 0. The highest BCUT2D eigenvalue weighted by Crippen LogP contribution is 2.21. The van der Waals surface area contributed by atoms with Crippen molar-refractivity contribution < 1.29 is 13.2 Å². The molecule has 0 aliphatic heterocycles. The summed E-state index contributed by atoms with van der Waals surface area (Å²) in [5, 5.41) is 5.77. The van der Waals surface area contributed by atoms with Crippen molar-refractivity contribution in [3.8, 4) is 0 Å². The number of allylic oxidation sites excluding steroid dienone is 2. The summed E-state index contributed by atoms with van der Waals surface area (Å²) < 4.78 is 25.5. The van der Waals surface area contributed by atoms with E-state index in [-0.39, 0.29) is 17.4 Å². The van der Waals surface area contributed by atoms with Crippen molar-refractivity contribution >= 4 is 15.9 Å². The highest BCUT2D eigenvalue weighted by Gasteiger charge is 2.21. The highest BCUT2D eigenvalue weighted by molar-refractivity contribution is 7.90. The van der Waals surface area contributed by atoms with Crippen molar-refractivity contribution in [3.63, 3.8) is 0 Å². The first-order valence-corrected chi connectivity index (χ1v) is 7.26. The molecule has 6 nitrogen and oxygen atoms in total. The minimum absolute atomic E-state index is 0.0978. The van der Waals surface area contributed by atoms with Gasteiger partial charge >= 0.3 is 0 Å². The van der Waals surface area contributed by atoms with Crippen LogP contribution in [0.15, 0.2) is 29.4 Å². The lowest BCUT2D eigenvalue weighted by atomic mass is 9.91. The van der Waals surface area contributed by atoms with Crippen LogP contribution in [0.25, 0.3) is 0 Å². The fourth-order valence-electron chi connectivity index (χ4n) is 1.94. The molecule has 1 heterocycles. The molecule has 1 aromatic rings. The summed E-state index contributed by atoms with van der Waals surface area (Å²) in [7, 11) is -3.80. The van der Waals surface area contributed by atoms with Crippen molar-refractivity contribution in [1.29, 1.82) is 0 Å². The van der Waals surface area contributed by atoms with Gasteiger partial charge in [-0.05, 0) is 31.2 Å². The zero-order chi connectivity index (χ0) is 13.0. The van der Waals surface area contributed by atoms with Gasteiger partial charge in [0, 0.05) is 6.42 Å². The van der Waals surface area contributed by atoms with Crippen LogP contribution < -0.4 is 4.72 Å². The van der Waals surface area contributed by atoms with Crippen LogP contribution in [0.3, 0.4) is 0 Å². The summed E-state index contributed by atoms with van der Waals surface area (Å²) in [6.07, 6.45) is 8.38. The highest BCUT2D eigenvalue weighted by atomic mass is 32.2. The number of aromatic amines is 1.